The van der Waals surface area contributed by atoms with E-state index in [2.05, 4.69) is 11.6 Å². The zero-order valence-corrected chi connectivity index (χ0v) is 11.4. The molecule has 0 aliphatic rings. The topological polar surface area (TPSA) is 33.2 Å². The lowest BCUT2D eigenvalue weighted by Gasteiger charge is -2.21. The van der Waals surface area contributed by atoms with E-state index >= 15 is 0 Å². The highest BCUT2D eigenvalue weighted by Gasteiger charge is 2.17. The summed E-state index contributed by atoms with van der Waals surface area (Å²) in [6.45, 7) is 9.01. The fraction of sp³-hybridized carbons (Fsp3) is 0.385. The van der Waals surface area contributed by atoms with Gasteiger partial charge in [0, 0.05) is 19.3 Å². The highest BCUT2D eigenvalue weighted by Crippen LogP contribution is 2.18. The van der Waals surface area contributed by atoms with Crippen molar-refractivity contribution in [1.29, 1.82) is 0 Å². The van der Waals surface area contributed by atoms with Crippen molar-refractivity contribution in [3.05, 3.63) is 36.0 Å². The molecule has 3 nitrogen and oxygen atoms in total. The summed E-state index contributed by atoms with van der Waals surface area (Å²) >= 11 is 1.49. The summed E-state index contributed by atoms with van der Waals surface area (Å²) in [5, 5.41) is 0.776. The maximum Gasteiger partial charge on any atom is 0.256 e. The largest absolute Gasteiger partial charge is 0.335 e. The summed E-state index contributed by atoms with van der Waals surface area (Å²) in [7, 11) is 0. The van der Waals surface area contributed by atoms with Crippen molar-refractivity contribution in [2.75, 3.05) is 19.3 Å². The van der Waals surface area contributed by atoms with Crippen molar-refractivity contribution in [3.63, 3.8) is 0 Å². The zero-order valence-electron chi connectivity index (χ0n) is 10.6. The number of likely N-dealkylation sites (N-methyl/N-ethyl adjacent to an activating group) is 1. The zero-order chi connectivity index (χ0) is 12.8. The molecule has 0 radical (unpaired) electrons. The lowest BCUT2D eigenvalue weighted by molar-refractivity contribution is 0.0774. The molecule has 0 aliphatic heterocycles. The summed E-state index contributed by atoms with van der Waals surface area (Å²) in [5.41, 5.74) is 1.65. The molecule has 92 valence electrons. The highest BCUT2D eigenvalue weighted by atomic mass is 32.2. The van der Waals surface area contributed by atoms with E-state index in [-0.39, 0.29) is 5.91 Å². The van der Waals surface area contributed by atoms with Gasteiger partial charge in [-0.05, 0) is 32.2 Å². The maximum absolute atomic E-state index is 12.3. The van der Waals surface area contributed by atoms with E-state index in [1.165, 1.54) is 11.8 Å². The summed E-state index contributed by atoms with van der Waals surface area (Å²) < 4.78 is 0. The van der Waals surface area contributed by atoms with Crippen LogP contribution in [0.15, 0.2) is 35.5 Å². The van der Waals surface area contributed by atoms with Crippen molar-refractivity contribution in [3.8, 4) is 0 Å². The number of thioether (sulfide) groups is 1. The van der Waals surface area contributed by atoms with Gasteiger partial charge in [-0.25, -0.2) is 4.98 Å². The van der Waals surface area contributed by atoms with Crippen LogP contribution in [0.4, 0.5) is 0 Å². The molecule has 0 saturated heterocycles. The van der Waals surface area contributed by atoms with Gasteiger partial charge in [-0.15, -0.1) is 11.8 Å². The second-order valence-corrected chi connectivity index (χ2v) is 4.63. The Morgan fingerprint density at radius 2 is 2.29 bits per heavy atom. The van der Waals surface area contributed by atoms with Crippen molar-refractivity contribution in [2.24, 2.45) is 0 Å². The van der Waals surface area contributed by atoms with Gasteiger partial charge in [-0.2, -0.15) is 0 Å². The summed E-state index contributed by atoms with van der Waals surface area (Å²) in [6.07, 6.45) is 3.63. The minimum Gasteiger partial charge on any atom is -0.335 e. The van der Waals surface area contributed by atoms with Crippen LogP contribution >= 0.6 is 11.8 Å². The van der Waals surface area contributed by atoms with Crippen LogP contribution in [-0.4, -0.2) is 35.1 Å². The third kappa shape index (κ3) is 3.60. The first kappa shape index (κ1) is 13.8. The predicted molar refractivity (Wildman–Crippen MR) is 72.4 cm³/mol. The normalized spacial score (nSPS) is 10.1. The molecule has 1 rings (SSSR count). The van der Waals surface area contributed by atoms with Gasteiger partial charge in [-0.1, -0.05) is 12.2 Å². The molecule has 4 heteroatoms. The van der Waals surface area contributed by atoms with Crippen LogP contribution in [0.3, 0.4) is 0 Å². The quantitative estimate of drug-likeness (QED) is 0.595. The molecular formula is C13H18N2OS. The highest BCUT2D eigenvalue weighted by molar-refractivity contribution is 7.98. The molecule has 1 aromatic rings. The number of nitrogens with zero attached hydrogens (tertiary/aromatic N) is 2. The molecule has 0 aliphatic carbocycles. The lowest BCUT2D eigenvalue weighted by atomic mass is 10.2. The minimum absolute atomic E-state index is 0.0213. The van der Waals surface area contributed by atoms with Crippen LogP contribution in [0.2, 0.25) is 0 Å². The Kier molecular flexibility index (Phi) is 5.22. The third-order valence-electron chi connectivity index (χ3n) is 2.32. The fourth-order valence-electron chi connectivity index (χ4n) is 1.54. The Hall–Kier alpha value is -1.29. The average molecular weight is 250 g/mol. The molecule has 0 saturated carbocycles. The number of aromatic nitrogens is 1. The monoisotopic (exact) mass is 250 g/mol. The standard InChI is InChI=1S/C13H18N2OS/c1-5-15(9-10(2)3)13(16)11-7-6-8-14-12(11)17-4/h6-8H,2,5,9H2,1,3-4H3. The van der Waals surface area contributed by atoms with Crippen LogP contribution < -0.4 is 0 Å². The van der Waals surface area contributed by atoms with E-state index in [0.717, 1.165) is 10.6 Å². The summed E-state index contributed by atoms with van der Waals surface area (Å²) in [6, 6.07) is 3.61. The lowest BCUT2D eigenvalue weighted by Crippen LogP contribution is -2.32. The number of amides is 1. The SMILES string of the molecule is C=C(C)CN(CC)C(=O)c1cccnc1SC. The number of rotatable bonds is 5. The molecule has 1 amide bonds. The van der Waals surface area contributed by atoms with Crippen molar-refractivity contribution in [1.82, 2.24) is 9.88 Å². The van der Waals surface area contributed by atoms with E-state index in [1.54, 1.807) is 17.2 Å². The fourth-order valence-corrected chi connectivity index (χ4v) is 2.08. The third-order valence-corrected chi connectivity index (χ3v) is 3.04. The van der Waals surface area contributed by atoms with Gasteiger partial charge < -0.3 is 4.90 Å². The van der Waals surface area contributed by atoms with Gasteiger partial charge >= 0.3 is 0 Å². The van der Waals surface area contributed by atoms with E-state index < -0.39 is 0 Å². The van der Waals surface area contributed by atoms with Gasteiger partial charge in [0.05, 0.1) is 5.56 Å². The molecule has 0 spiro atoms. The smallest absolute Gasteiger partial charge is 0.256 e. The molecule has 0 fully saturated rings. The molecule has 0 aromatic carbocycles. The van der Waals surface area contributed by atoms with Gasteiger partial charge in [0.15, 0.2) is 0 Å². The van der Waals surface area contributed by atoms with Crippen LogP contribution in [0, 0.1) is 0 Å². The first-order valence-electron chi connectivity index (χ1n) is 5.52. The van der Waals surface area contributed by atoms with Gasteiger partial charge in [-0.3, -0.25) is 4.79 Å². The molecule has 0 atom stereocenters. The second kappa shape index (κ2) is 6.45. The molecule has 0 N–H and O–H groups in total. The minimum atomic E-state index is 0.0213. The van der Waals surface area contributed by atoms with Crippen LogP contribution in [-0.2, 0) is 0 Å². The van der Waals surface area contributed by atoms with Crippen molar-refractivity contribution in [2.45, 2.75) is 18.9 Å². The summed E-state index contributed by atoms with van der Waals surface area (Å²) in [5.74, 6) is 0.0213. The molecule has 1 heterocycles. The first-order valence-corrected chi connectivity index (χ1v) is 6.75. The second-order valence-electron chi connectivity index (χ2n) is 3.84. The maximum atomic E-state index is 12.3. The van der Waals surface area contributed by atoms with Gasteiger partial charge in [0.2, 0.25) is 0 Å². The number of hydrogen-bond acceptors (Lipinski definition) is 3. The average Bonchev–Trinajstić information content (AvgIpc) is 2.34. The Balaban J connectivity index is 2.97. The van der Waals surface area contributed by atoms with Crippen molar-refractivity contribution < 1.29 is 4.79 Å². The Morgan fingerprint density at radius 3 is 2.82 bits per heavy atom. The Labute approximate surface area is 107 Å². The predicted octanol–water partition coefficient (Wildman–Crippen LogP) is 2.84. The van der Waals surface area contributed by atoms with E-state index in [9.17, 15) is 4.79 Å². The van der Waals surface area contributed by atoms with Crippen LogP contribution in [0.25, 0.3) is 0 Å². The first-order chi connectivity index (χ1) is 8.10. The van der Waals surface area contributed by atoms with E-state index in [4.69, 9.17) is 0 Å². The van der Waals surface area contributed by atoms with Crippen LogP contribution in [0.1, 0.15) is 24.2 Å². The Morgan fingerprint density at radius 1 is 1.59 bits per heavy atom. The number of carbonyl (C=O) groups excluding carboxylic acids is 1. The van der Waals surface area contributed by atoms with E-state index in [1.807, 2.05) is 26.2 Å². The number of pyridine rings is 1. The number of carbonyl (C=O) groups is 1. The Bertz CT molecular complexity index is 418. The van der Waals surface area contributed by atoms with Gasteiger partial charge in [0.25, 0.3) is 5.91 Å². The summed E-state index contributed by atoms with van der Waals surface area (Å²) in [4.78, 5) is 18.3. The molecule has 0 unspecified atom stereocenters. The molecular weight excluding hydrogens is 232 g/mol. The van der Waals surface area contributed by atoms with Crippen LogP contribution in [0.5, 0.6) is 0 Å². The molecule has 0 bridgehead atoms. The molecule has 17 heavy (non-hydrogen) atoms. The molecule has 1 aromatic heterocycles. The number of hydrogen-bond donors (Lipinski definition) is 0. The van der Waals surface area contributed by atoms with Crippen molar-refractivity contribution >= 4 is 17.7 Å². The van der Waals surface area contributed by atoms with E-state index in [0.29, 0.717) is 18.7 Å². The van der Waals surface area contributed by atoms with Gasteiger partial charge in [0.1, 0.15) is 5.03 Å².